The molecule has 3 N–H and O–H groups in total. The minimum atomic E-state index is -4.71. The van der Waals surface area contributed by atoms with Crippen LogP contribution < -0.4 is 5.73 Å². The Hall–Kier alpha value is -2.82. The first-order valence-corrected chi connectivity index (χ1v) is 6.73. The number of aliphatic imine (C=N–C) groups is 1. The van der Waals surface area contributed by atoms with Gasteiger partial charge in [0.25, 0.3) is 11.9 Å². The van der Waals surface area contributed by atoms with Crippen molar-refractivity contribution in [1.82, 2.24) is 9.97 Å². The maximum absolute atomic E-state index is 12.3. The van der Waals surface area contributed by atoms with Gasteiger partial charge in [-0.15, -0.1) is 11.3 Å². The quantitative estimate of drug-likeness (QED) is 0.640. The maximum atomic E-state index is 12.3. The number of nitrogens with zero attached hydrogens (tertiary/aromatic N) is 3. The van der Waals surface area contributed by atoms with Crippen LogP contribution in [-0.4, -0.2) is 27.8 Å². The minimum Gasteiger partial charge on any atom is -0.406 e. The average Bonchev–Trinajstić information content (AvgIpc) is 3.00. The molecular weight excluding hydrogens is 335 g/mol. The van der Waals surface area contributed by atoms with Crippen molar-refractivity contribution in [3.8, 4) is 0 Å². The summed E-state index contributed by atoms with van der Waals surface area (Å²) in [5.74, 6) is -2.67. The molecule has 2 aromatic heterocycles. The van der Waals surface area contributed by atoms with E-state index < -0.39 is 23.9 Å². The number of aromatic nitrogens is 2. The molecule has 0 aromatic carbocycles. The van der Waals surface area contributed by atoms with Gasteiger partial charge in [-0.05, 0) is 11.4 Å². The molecule has 0 saturated heterocycles. The van der Waals surface area contributed by atoms with Gasteiger partial charge in [0.2, 0.25) is 11.7 Å². The van der Waals surface area contributed by atoms with Crippen LogP contribution in [0.3, 0.4) is 0 Å². The molecule has 0 spiro atoms. The molecule has 1 amide bonds. The second kappa shape index (κ2) is 6.52. The fourth-order valence-electron chi connectivity index (χ4n) is 1.33. The van der Waals surface area contributed by atoms with Crippen molar-refractivity contribution >= 4 is 29.2 Å². The zero-order valence-electron chi connectivity index (χ0n) is 11.2. The van der Waals surface area contributed by atoms with Crippen LogP contribution in [0.4, 0.5) is 13.2 Å². The van der Waals surface area contributed by atoms with E-state index in [-0.39, 0.29) is 11.5 Å². The summed E-state index contributed by atoms with van der Waals surface area (Å²) in [5, 5.41) is 9.30. The molecule has 2 aromatic rings. The predicted molar refractivity (Wildman–Crippen MR) is 75.2 cm³/mol. The lowest BCUT2D eigenvalue weighted by molar-refractivity contribution is -0.145. The fourth-order valence-corrected chi connectivity index (χ4v) is 1.94. The zero-order chi connectivity index (χ0) is 17.0. The summed E-state index contributed by atoms with van der Waals surface area (Å²) in [6, 6.07) is 2.68. The highest BCUT2D eigenvalue weighted by Gasteiger charge is 2.34. The maximum Gasteiger partial charge on any atom is 0.451 e. The number of halogens is 3. The second-order valence-electron chi connectivity index (χ2n) is 3.96. The summed E-state index contributed by atoms with van der Waals surface area (Å²) in [6.45, 7) is 0. The summed E-state index contributed by atoms with van der Waals surface area (Å²) < 4.78 is 41.8. The van der Waals surface area contributed by atoms with Crippen LogP contribution in [0.2, 0.25) is 0 Å². The summed E-state index contributed by atoms with van der Waals surface area (Å²) in [4.78, 5) is 21.6. The molecule has 120 valence electrons. The van der Waals surface area contributed by atoms with E-state index in [1.54, 1.807) is 17.5 Å². The van der Waals surface area contributed by atoms with E-state index in [9.17, 15) is 18.0 Å². The molecule has 23 heavy (non-hydrogen) atoms. The number of nitrogens with one attached hydrogen (secondary N) is 1. The fraction of sp³-hybridized carbons (Fsp3) is 0.0833. The molecule has 2 heterocycles. The Morgan fingerprint density at radius 1 is 1.35 bits per heavy atom. The lowest BCUT2D eigenvalue weighted by Gasteiger charge is -2.05. The van der Waals surface area contributed by atoms with Gasteiger partial charge in [0.05, 0.1) is 10.4 Å². The summed E-state index contributed by atoms with van der Waals surface area (Å²) in [7, 11) is 0. The summed E-state index contributed by atoms with van der Waals surface area (Å²) >= 11 is 1.22. The van der Waals surface area contributed by atoms with Gasteiger partial charge in [-0.2, -0.15) is 18.2 Å². The SMILES string of the molecule is N=C(OC(N)=NC(=O)c1cnc(C(F)(F)F)nc1)c1cccs1. The smallest absolute Gasteiger partial charge is 0.406 e. The van der Waals surface area contributed by atoms with Gasteiger partial charge >= 0.3 is 6.18 Å². The van der Waals surface area contributed by atoms with Crippen LogP contribution in [-0.2, 0) is 10.9 Å². The van der Waals surface area contributed by atoms with Gasteiger partial charge in [0.15, 0.2) is 0 Å². The summed E-state index contributed by atoms with van der Waals surface area (Å²) in [5.41, 5.74) is 5.07. The van der Waals surface area contributed by atoms with Crippen molar-refractivity contribution in [3.05, 3.63) is 46.2 Å². The molecule has 0 aliphatic rings. The molecule has 0 aliphatic heterocycles. The average molecular weight is 343 g/mol. The van der Waals surface area contributed by atoms with Gasteiger partial charge in [0.1, 0.15) is 0 Å². The number of hydrogen-bond acceptors (Lipinski definition) is 6. The highest BCUT2D eigenvalue weighted by atomic mass is 32.1. The molecule has 0 bridgehead atoms. The number of rotatable bonds is 2. The number of alkyl halides is 3. The standard InChI is InChI=1S/C12H8F3N5O2S/c13-12(14,15)10-18-4-6(5-19-10)9(21)20-11(17)22-8(16)7-2-1-3-23-7/h1-5,16H,(H2,17,20,21). The van der Waals surface area contributed by atoms with Gasteiger partial charge < -0.3 is 10.5 Å². The van der Waals surface area contributed by atoms with Gasteiger partial charge in [-0.1, -0.05) is 6.07 Å². The second-order valence-corrected chi connectivity index (χ2v) is 4.90. The van der Waals surface area contributed by atoms with Crippen LogP contribution in [0.15, 0.2) is 34.9 Å². The molecule has 0 fully saturated rings. The van der Waals surface area contributed by atoms with E-state index >= 15 is 0 Å². The van der Waals surface area contributed by atoms with Crippen LogP contribution >= 0.6 is 11.3 Å². The van der Waals surface area contributed by atoms with Crippen LogP contribution in [0, 0.1) is 5.41 Å². The van der Waals surface area contributed by atoms with E-state index in [0.29, 0.717) is 17.3 Å². The van der Waals surface area contributed by atoms with Crippen molar-refractivity contribution in [2.45, 2.75) is 6.18 Å². The van der Waals surface area contributed by atoms with Gasteiger partial charge in [0, 0.05) is 12.4 Å². The first-order valence-electron chi connectivity index (χ1n) is 5.85. The van der Waals surface area contributed by atoms with E-state index in [0.717, 1.165) is 0 Å². The predicted octanol–water partition coefficient (Wildman–Crippen LogP) is 2.05. The summed E-state index contributed by atoms with van der Waals surface area (Å²) in [6.07, 6.45) is -3.35. The first-order chi connectivity index (χ1) is 10.8. The number of thiophene rings is 1. The molecular formula is C12H8F3N5O2S. The molecule has 2 rings (SSSR count). The highest BCUT2D eigenvalue weighted by molar-refractivity contribution is 7.12. The number of amidine groups is 1. The molecule has 7 nitrogen and oxygen atoms in total. The van der Waals surface area contributed by atoms with Crippen molar-refractivity contribution in [2.24, 2.45) is 10.7 Å². The highest BCUT2D eigenvalue weighted by Crippen LogP contribution is 2.25. The lowest BCUT2D eigenvalue weighted by Crippen LogP contribution is -2.22. The number of ether oxygens (including phenoxy) is 1. The molecule has 0 radical (unpaired) electrons. The van der Waals surface area contributed by atoms with Gasteiger partial charge in [-0.25, -0.2) is 9.97 Å². The number of nitrogens with two attached hydrogens (primary N) is 1. The third kappa shape index (κ3) is 4.32. The van der Waals surface area contributed by atoms with Crippen molar-refractivity contribution in [3.63, 3.8) is 0 Å². The normalized spacial score (nSPS) is 12.0. The Bertz CT molecular complexity index is 741. The third-order valence-corrected chi connectivity index (χ3v) is 3.18. The third-order valence-electron chi connectivity index (χ3n) is 2.32. The first kappa shape index (κ1) is 16.5. The molecule has 11 heteroatoms. The largest absolute Gasteiger partial charge is 0.451 e. The van der Waals surface area contributed by atoms with Crippen LogP contribution in [0.1, 0.15) is 21.1 Å². The number of hydrogen-bond donors (Lipinski definition) is 2. The topological polar surface area (TPSA) is 114 Å². The van der Waals surface area contributed by atoms with Crippen molar-refractivity contribution in [1.29, 1.82) is 5.41 Å². The van der Waals surface area contributed by atoms with Gasteiger partial charge in [-0.3, -0.25) is 10.2 Å². The monoisotopic (exact) mass is 343 g/mol. The van der Waals surface area contributed by atoms with E-state index in [4.69, 9.17) is 15.9 Å². The van der Waals surface area contributed by atoms with E-state index in [1.807, 2.05) is 0 Å². The number of carbonyl (C=O) groups is 1. The Morgan fingerprint density at radius 2 is 2.00 bits per heavy atom. The van der Waals surface area contributed by atoms with Crippen LogP contribution in [0.5, 0.6) is 0 Å². The number of carbonyl (C=O) groups excluding carboxylic acids is 1. The van der Waals surface area contributed by atoms with E-state index in [2.05, 4.69) is 15.0 Å². The molecule has 0 atom stereocenters. The van der Waals surface area contributed by atoms with Crippen molar-refractivity contribution < 1.29 is 22.7 Å². The molecule has 0 saturated carbocycles. The Morgan fingerprint density at radius 3 is 2.52 bits per heavy atom. The number of amides is 1. The Balaban J connectivity index is 2.06. The van der Waals surface area contributed by atoms with Crippen molar-refractivity contribution in [2.75, 3.05) is 0 Å². The Labute approximate surface area is 131 Å². The van der Waals surface area contributed by atoms with Crippen LogP contribution in [0.25, 0.3) is 0 Å². The molecule has 0 unspecified atom stereocenters. The molecule has 0 aliphatic carbocycles. The van der Waals surface area contributed by atoms with E-state index in [1.165, 1.54) is 11.3 Å². The zero-order valence-corrected chi connectivity index (χ0v) is 12.0. The minimum absolute atomic E-state index is 0.299. The Kier molecular flexibility index (Phi) is 4.69. The lowest BCUT2D eigenvalue weighted by atomic mass is 10.3.